The van der Waals surface area contributed by atoms with Crippen LogP contribution in [0.15, 0.2) is 0 Å². The molecule has 0 spiro atoms. The predicted octanol–water partition coefficient (Wildman–Crippen LogP) is 2.12. The number of Topliss-reactive ketones (excluding diaryl/α,β-unsaturated/α-hetero) is 1. The van der Waals surface area contributed by atoms with Crippen molar-refractivity contribution >= 4 is 11.7 Å². The van der Waals surface area contributed by atoms with Crippen molar-refractivity contribution < 1.29 is 9.59 Å². The van der Waals surface area contributed by atoms with E-state index in [1.54, 1.807) is 0 Å². The third-order valence-corrected chi connectivity index (χ3v) is 4.93. The summed E-state index contributed by atoms with van der Waals surface area (Å²) in [6.45, 7) is 5.50. The zero-order valence-corrected chi connectivity index (χ0v) is 12.9. The van der Waals surface area contributed by atoms with E-state index in [1.807, 2.05) is 6.92 Å². The minimum absolute atomic E-state index is 0.112. The summed E-state index contributed by atoms with van der Waals surface area (Å²) < 4.78 is 0. The zero-order valence-electron chi connectivity index (χ0n) is 12.9. The smallest absolute Gasteiger partial charge is 0.237 e. The maximum Gasteiger partial charge on any atom is 0.237 e. The Morgan fingerprint density at radius 3 is 2.70 bits per heavy atom. The summed E-state index contributed by atoms with van der Waals surface area (Å²) in [6, 6.07) is 0.256. The largest absolute Gasteiger partial charge is 0.352 e. The fourth-order valence-electron chi connectivity index (χ4n) is 3.38. The third-order valence-electron chi connectivity index (χ3n) is 4.93. The zero-order chi connectivity index (χ0) is 14.5. The van der Waals surface area contributed by atoms with Crippen LogP contribution in [0.3, 0.4) is 0 Å². The summed E-state index contributed by atoms with van der Waals surface area (Å²) in [6.07, 6.45) is 7.48. The van der Waals surface area contributed by atoms with Crippen LogP contribution in [0.5, 0.6) is 0 Å². The number of nitrogens with zero attached hydrogens (tertiary/aromatic N) is 1. The Kier molecular flexibility index (Phi) is 5.58. The van der Waals surface area contributed by atoms with E-state index in [9.17, 15) is 9.59 Å². The number of hydrogen-bond acceptors (Lipinski definition) is 3. The SMILES string of the molecule is CCC1CN(C(C)C(=O)NC2CCCCC2)CCC1=O. The molecule has 4 nitrogen and oxygen atoms in total. The average molecular weight is 280 g/mol. The molecule has 2 rings (SSSR count). The molecule has 2 fully saturated rings. The topological polar surface area (TPSA) is 49.4 Å². The summed E-state index contributed by atoms with van der Waals surface area (Å²) in [5.74, 6) is 0.624. The number of rotatable bonds is 4. The lowest BCUT2D eigenvalue weighted by Gasteiger charge is -2.36. The molecular formula is C16H28N2O2. The minimum atomic E-state index is -0.112. The first kappa shape index (κ1) is 15.5. The molecule has 20 heavy (non-hydrogen) atoms. The second-order valence-electron chi connectivity index (χ2n) is 6.34. The molecule has 0 radical (unpaired) electrons. The summed E-state index contributed by atoms with van der Waals surface area (Å²) in [5.41, 5.74) is 0. The van der Waals surface area contributed by atoms with Gasteiger partial charge in [-0.2, -0.15) is 0 Å². The molecule has 1 saturated carbocycles. The van der Waals surface area contributed by atoms with Crippen LogP contribution in [0.25, 0.3) is 0 Å². The van der Waals surface area contributed by atoms with Gasteiger partial charge in [-0.25, -0.2) is 0 Å². The number of carbonyl (C=O) groups excluding carboxylic acids is 2. The molecule has 1 heterocycles. The highest BCUT2D eigenvalue weighted by atomic mass is 16.2. The molecule has 0 bridgehead atoms. The summed E-state index contributed by atoms with van der Waals surface area (Å²) >= 11 is 0. The van der Waals surface area contributed by atoms with Crippen molar-refractivity contribution in [3.63, 3.8) is 0 Å². The van der Waals surface area contributed by atoms with E-state index in [4.69, 9.17) is 0 Å². The van der Waals surface area contributed by atoms with E-state index < -0.39 is 0 Å². The van der Waals surface area contributed by atoms with Gasteiger partial charge in [-0.15, -0.1) is 0 Å². The molecule has 0 aromatic carbocycles. The number of amides is 1. The standard InChI is InChI=1S/C16H28N2O2/c1-3-13-11-18(10-9-15(13)19)12(2)16(20)17-14-7-5-4-6-8-14/h12-14H,3-11H2,1-2H3,(H,17,20). The average Bonchev–Trinajstić information content (AvgIpc) is 2.48. The maximum atomic E-state index is 12.3. The van der Waals surface area contributed by atoms with Crippen LogP contribution >= 0.6 is 0 Å². The lowest BCUT2D eigenvalue weighted by Crippen LogP contribution is -2.52. The second-order valence-corrected chi connectivity index (χ2v) is 6.34. The maximum absolute atomic E-state index is 12.3. The van der Waals surface area contributed by atoms with Crippen LogP contribution in [-0.2, 0) is 9.59 Å². The lowest BCUT2D eigenvalue weighted by atomic mass is 9.92. The third kappa shape index (κ3) is 3.81. The molecule has 2 unspecified atom stereocenters. The van der Waals surface area contributed by atoms with E-state index in [-0.39, 0.29) is 17.9 Å². The minimum Gasteiger partial charge on any atom is -0.352 e. The van der Waals surface area contributed by atoms with Crippen molar-refractivity contribution in [3.05, 3.63) is 0 Å². The van der Waals surface area contributed by atoms with E-state index in [0.29, 0.717) is 18.2 Å². The van der Waals surface area contributed by atoms with Gasteiger partial charge >= 0.3 is 0 Å². The quantitative estimate of drug-likeness (QED) is 0.858. The highest BCUT2D eigenvalue weighted by Crippen LogP contribution is 2.20. The van der Waals surface area contributed by atoms with Gasteiger partial charge < -0.3 is 5.32 Å². The summed E-state index contributed by atoms with van der Waals surface area (Å²) in [5, 5.41) is 3.19. The summed E-state index contributed by atoms with van der Waals surface area (Å²) in [7, 11) is 0. The molecule has 0 aromatic heterocycles. The number of piperidine rings is 1. The monoisotopic (exact) mass is 280 g/mol. The molecule has 114 valence electrons. The molecule has 1 amide bonds. The Bertz CT molecular complexity index is 350. The van der Waals surface area contributed by atoms with Gasteiger partial charge in [0.2, 0.25) is 5.91 Å². The van der Waals surface area contributed by atoms with E-state index in [0.717, 1.165) is 32.4 Å². The van der Waals surface area contributed by atoms with Crippen molar-refractivity contribution in [3.8, 4) is 0 Å². The van der Waals surface area contributed by atoms with Crippen molar-refractivity contribution in [1.29, 1.82) is 0 Å². The van der Waals surface area contributed by atoms with Gasteiger partial charge in [0.25, 0.3) is 0 Å². The van der Waals surface area contributed by atoms with Gasteiger partial charge in [0.05, 0.1) is 6.04 Å². The van der Waals surface area contributed by atoms with Crippen LogP contribution in [-0.4, -0.2) is 41.8 Å². The van der Waals surface area contributed by atoms with Crippen molar-refractivity contribution in [1.82, 2.24) is 10.2 Å². The van der Waals surface area contributed by atoms with Crippen LogP contribution < -0.4 is 5.32 Å². The van der Waals surface area contributed by atoms with Gasteiger partial charge in [0, 0.05) is 31.5 Å². The first-order valence-electron chi connectivity index (χ1n) is 8.19. The molecule has 1 saturated heterocycles. The second kappa shape index (κ2) is 7.21. The van der Waals surface area contributed by atoms with E-state index in [2.05, 4.69) is 17.1 Å². The number of carbonyl (C=O) groups is 2. The number of likely N-dealkylation sites (tertiary alicyclic amines) is 1. The molecule has 1 aliphatic carbocycles. The fourth-order valence-corrected chi connectivity index (χ4v) is 3.38. The highest BCUT2D eigenvalue weighted by molar-refractivity contribution is 5.84. The Morgan fingerprint density at radius 2 is 2.05 bits per heavy atom. The molecular weight excluding hydrogens is 252 g/mol. The van der Waals surface area contributed by atoms with Crippen LogP contribution in [0.1, 0.15) is 58.8 Å². The van der Waals surface area contributed by atoms with E-state index in [1.165, 1.54) is 19.3 Å². The molecule has 4 heteroatoms. The van der Waals surface area contributed by atoms with Crippen LogP contribution in [0.4, 0.5) is 0 Å². The van der Waals surface area contributed by atoms with Crippen molar-refractivity contribution in [2.45, 2.75) is 70.9 Å². The summed E-state index contributed by atoms with van der Waals surface area (Å²) in [4.78, 5) is 26.3. The normalized spacial score (nSPS) is 27.3. The molecule has 2 aliphatic rings. The van der Waals surface area contributed by atoms with Gasteiger partial charge in [0.15, 0.2) is 0 Å². The van der Waals surface area contributed by atoms with Crippen LogP contribution in [0, 0.1) is 5.92 Å². The Labute approximate surface area is 122 Å². The fraction of sp³-hybridized carbons (Fsp3) is 0.875. The Hall–Kier alpha value is -0.900. The van der Waals surface area contributed by atoms with Gasteiger partial charge in [-0.1, -0.05) is 26.2 Å². The van der Waals surface area contributed by atoms with Crippen molar-refractivity contribution in [2.75, 3.05) is 13.1 Å². The molecule has 1 aliphatic heterocycles. The van der Waals surface area contributed by atoms with Gasteiger partial charge in [0.1, 0.15) is 5.78 Å². The molecule has 1 N–H and O–H groups in total. The molecule has 0 aromatic rings. The lowest BCUT2D eigenvalue weighted by molar-refractivity contribution is -0.133. The number of ketones is 1. The number of nitrogens with one attached hydrogen (secondary N) is 1. The van der Waals surface area contributed by atoms with E-state index >= 15 is 0 Å². The first-order chi connectivity index (χ1) is 9.61. The van der Waals surface area contributed by atoms with Crippen molar-refractivity contribution in [2.24, 2.45) is 5.92 Å². The Balaban J connectivity index is 1.84. The number of hydrogen-bond donors (Lipinski definition) is 1. The predicted molar refractivity (Wildman–Crippen MR) is 79.5 cm³/mol. The van der Waals surface area contributed by atoms with Crippen LogP contribution in [0.2, 0.25) is 0 Å². The van der Waals surface area contributed by atoms with Gasteiger partial charge in [-0.05, 0) is 26.2 Å². The highest BCUT2D eigenvalue weighted by Gasteiger charge is 2.31. The van der Waals surface area contributed by atoms with Gasteiger partial charge in [-0.3, -0.25) is 14.5 Å². The first-order valence-corrected chi connectivity index (χ1v) is 8.19. The Morgan fingerprint density at radius 1 is 1.35 bits per heavy atom. The molecule has 2 atom stereocenters.